The van der Waals surface area contributed by atoms with Gasteiger partial charge in [0.15, 0.2) is 0 Å². The molecule has 0 N–H and O–H groups in total. The van der Waals surface area contributed by atoms with Gasteiger partial charge in [0.2, 0.25) is 0 Å². The van der Waals surface area contributed by atoms with Crippen molar-refractivity contribution in [3.63, 3.8) is 0 Å². The lowest BCUT2D eigenvalue weighted by molar-refractivity contribution is -0.138. The molecule has 35 heavy (non-hydrogen) atoms. The van der Waals surface area contributed by atoms with Gasteiger partial charge in [-0.25, -0.2) is 4.79 Å². The highest BCUT2D eigenvalue weighted by molar-refractivity contribution is 5.83. The van der Waals surface area contributed by atoms with Crippen LogP contribution in [0.15, 0.2) is 53.3 Å². The van der Waals surface area contributed by atoms with Crippen LogP contribution in [0.3, 0.4) is 0 Å². The van der Waals surface area contributed by atoms with Crippen LogP contribution in [-0.2, 0) is 19.8 Å². The zero-order valence-electron chi connectivity index (χ0n) is 19.7. The summed E-state index contributed by atoms with van der Waals surface area (Å²) in [6, 6.07) is 12.6. The van der Waals surface area contributed by atoms with Gasteiger partial charge in [-0.1, -0.05) is 24.3 Å². The number of methoxy groups -OCH3 is 1. The number of aromatic nitrogens is 4. The lowest BCUT2D eigenvalue weighted by Gasteiger charge is -2.18. The Balaban J connectivity index is 1.61. The Morgan fingerprint density at radius 2 is 1.91 bits per heavy atom. The number of imidazole rings is 1. The number of anilines is 1. The first-order valence-corrected chi connectivity index (χ1v) is 11.4. The topological polar surface area (TPSA) is 57.2 Å². The number of rotatable bonds is 5. The van der Waals surface area contributed by atoms with Crippen molar-refractivity contribution in [2.24, 2.45) is 7.05 Å². The van der Waals surface area contributed by atoms with Gasteiger partial charge in [-0.05, 0) is 37.1 Å². The fourth-order valence-electron chi connectivity index (χ4n) is 5.13. The third-order valence-corrected chi connectivity index (χ3v) is 6.65. The Bertz CT molecular complexity index is 1450. The van der Waals surface area contributed by atoms with Crippen LogP contribution >= 0.6 is 0 Å². The van der Waals surface area contributed by atoms with Crippen LogP contribution in [0.1, 0.15) is 29.3 Å². The number of fused-ring (bicyclic) bond motifs is 1. The van der Waals surface area contributed by atoms with Crippen LogP contribution in [0.25, 0.3) is 11.0 Å². The minimum atomic E-state index is -4.52. The summed E-state index contributed by atoms with van der Waals surface area (Å²) < 4.78 is 51.5. The van der Waals surface area contributed by atoms with Crippen molar-refractivity contribution < 1.29 is 17.9 Å². The average molecular weight is 486 g/mol. The van der Waals surface area contributed by atoms with E-state index in [2.05, 4.69) is 10.00 Å². The molecule has 1 aliphatic rings. The molecule has 7 nitrogen and oxygen atoms in total. The maximum atomic E-state index is 13.8. The average Bonchev–Trinajstić information content (AvgIpc) is 3.49. The molecule has 3 heterocycles. The summed E-state index contributed by atoms with van der Waals surface area (Å²) in [6.45, 7) is 3.05. The molecule has 0 bridgehead atoms. The van der Waals surface area contributed by atoms with Gasteiger partial charge in [0, 0.05) is 26.2 Å². The van der Waals surface area contributed by atoms with Crippen LogP contribution in [0.2, 0.25) is 0 Å². The zero-order chi connectivity index (χ0) is 24.9. The van der Waals surface area contributed by atoms with Gasteiger partial charge >= 0.3 is 11.9 Å². The molecule has 1 saturated heterocycles. The molecule has 0 saturated carbocycles. The standard InChI is InChI=1S/C25H26F3N5O2/c1-16-13-22(30(2)29-16)31-12-11-18(15-31)33-20-9-6-10-21(35-3)23(20)32(24(33)34)14-17-7-4-5-8-19(17)25(26,27)28/h4-10,13,18H,11-12,14-15H2,1-3H3. The van der Waals surface area contributed by atoms with Crippen molar-refractivity contribution in [3.8, 4) is 5.75 Å². The van der Waals surface area contributed by atoms with Crippen molar-refractivity contribution in [1.29, 1.82) is 0 Å². The number of ether oxygens (including phenoxy) is 1. The van der Waals surface area contributed by atoms with E-state index in [1.54, 1.807) is 22.8 Å². The van der Waals surface area contributed by atoms with E-state index >= 15 is 0 Å². The molecule has 0 amide bonds. The highest BCUT2D eigenvalue weighted by Gasteiger charge is 2.34. The lowest BCUT2D eigenvalue weighted by Crippen LogP contribution is -2.30. The van der Waals surface area contributed by atoms with E-state index < -0.39 is 11.7 Å². The molecule has 1 atom stereocenters. The second-order valence-corrected chi connectivity index (χ2v) is 8.88. The summed E-state index contributed by atoms with van der Waals surface area (Å²) in [6.07, 6.45) is -3.80. The Kier molecular flexibility index (Phi) is 5.61. The van der Waals surface area contributed by atoms with E-state index in [1.807, 2.05) is 30.8 Å². The summed E-state index contributed by atoms with van der Waals surface area (Å²) in [7, 11) is 3.38. The molecular weight excluding hydrogens is 459 g/mol. The van der Waals surface area contributed by atoms with Crippen molar-refractivity contribution in [1.82, 2.24) is 18.9 Å². The maximum Gasteiger partial charge on any atom is 0.416 e. The minimum Gasteiger partial charge on any atom is -0.494 e. The molecule has 1 aliphatic heterocycles. The molecule has 1 fully saturated rings. The molecule has 5 rings (SSSR count). The quantitative estimate of drug-likeness (QED) is 0.421. The number of alkyl halides is 3. The molecule has 184 valence electrons. The lowest BCUT2D eigenvalue weighted by atomic mass is 10.1. The van der Waals surface area contributed by atoms with E-state index in [1.165, 1.54) is 23.8 Å². The normalized spacial score (nSPS) is 16.4. The molecule has 0 spiro atoms. The third kappa shape index (κ3) is 3.96. The molecule has 4 aromatic rings. The highest BCUT2D eigenvalue weighted by Crippen LogP contribution is 2.35. The number of benzene rings is 2. The van der Waals surface area contributed by atoms with Crippen LogP contribution in [0.4, 0.5) is 19.0 Å². The Hall–Kier alpha value is -3.69. The summed E-state index contributed by atoms with van der Waals surface area (Å²) in [5.41, 5.74) is 0.979. The van der Waals surface area contributed by atoms with Gasteiger partial charge in [0.1, 0.15) is 17.1 Å². The minimum absolute atomic E-state index is 0.0328. The van der Waals surface area contributed by atoms with Crippen molar-refractivity contribution in [2.75, 3.05) is 25.1 Å². The van der Waals surface area contributed by atoms with Crippen molar-refractivity contribution >= 4 is 16.9 Å². The maximum absolute atomic E-state index is 13.8. The first-order valence-electron chi connectivity index (χ1n) is 11.4. The number of nitrogens with zero attached hydrogens (tertiary/aromatic N) is 5. The first-order chi connectivity index (χ1) is 16.7. The second kappa shape index (κ2) is 8.51. The Morgan fingerprint density at radius 3 is 2.60 bits per heavy atom. The molecule has 1 unspecified atom stereocenters. The number of halogens is 3. The fourth-order valence-corrected chi connectivity index (χ4v) is 5.13. The second-order valence-electron chi connectivity index (χ2n) is 8.88. The van der Waals surface area contributed by atoms with Gasteiger partial charge in [0.25, 0.3) is 0 Å². The first kappa shape index (κ1) is 23.1. The van der Waals surface area contributed by atoms with E-state index in [0.717, 1.165) is 30.5 Å². The zero-order valence-corrected chi connectivity index (χ0v) is 19.7. The Labute approximate surface area is 199 Å². The number of hydrogen-bond acceptors (Lipinski definition) is 4. The summed E-state index contributed by atoms with van der Waals surface area (Å²) in [4.78, 5) is 16.0. The van der Waals surface area contributed by atoms with Gasteiger partial charge < -0.3 is 9.64 Å². The number of aryl methyl sites for hydroxylation is 2. The molecule has 0 aliphatic carbocycles. The predicted octanol–water partition coefficient (Wildman–Crippen LogP) is 4.37. The van der Waals surface area contributed by atoms with Crippen LogP contribution in [-0.4, -0.2) is 39.1 Å². The smallest absolute Gasteiger partial charge is 0.416 e. The number of para-hydroxylation sites is 1. The highest BCUT2D eigenvalue weighted by atomic mass is 19.4. The largest absolute Gasteiger partial charge is 0.494 e. The summed E-state index contributed by atoms with van der Waals surface area (Å²) in [5.74, 6) is 1.42. The van der Waals surface area contributed by atoms with E-state index in [0.29, 0.717) is 23.3 Å². The van der Waals surface area contributed by atoms with E-state index in [-0.39, 0.29) is 23.8 Å². The van der Waals surface area contributed by atoms with Gasteiger partial charge in [-0.3, -0.25) is 13.8 Å². The summed E-state index contributed by atoms with van der Waals surface area (Å²) >= 11 is 0. The monoisotopic (exact) mass is 485 g/mol. The molecule has 2 aromatic heterocycles. The van der Waals surface area contributed by atoms with E-state index in [9.17, 15) is 18.0 Å². The SMILES string of the molecule is COc1cccc2c1n(Cc1ccccc1C(F)(F)F)c(=O)n2C1CCN(c2cc(C)nn2C)C1. The van der Waals surface area contributed by atoms with Crippen molar-refractivity contribution in [2.45, 2.75) is 32.1 Å². The molecule has 2 aromatic carbocycles. The van der Waals surface area contributed by atoms with Gasteiger partial charge in [0.05, 0.1) is 36.5 Å². The summed E-state index contributed by atoms with van der Waals surface area (Å²) in [5, 5.41) is 4.42. The third-order valence-electron chi connectivity index (χ3n) is 6.65. The molecular formula is C25H26F3N5O2. The van der Waals surface area contributed by atoms with Crippen molar-refractivity contribution in [3.05, 3.63) is 75.8 Å². The number of hydrogen-bond donors (Lipinski definition) is 0. The van der Waals surface area contributed by atoms with Crippen LogP contribution in [0.5, 0.6) is 5.75 Å². The predicted molar refractivity (Wildman–Crippen MR) is 127 cm³/mol. The molecule has 10 heteroatoms. The van der Waals surface area contributed by atoms with Gasteiger partial charge in [-0.15, -0.1) is 0 Å². The van der Waals surface area contributed by atoms with E-state index in [4.69, 9.17) is 4.74 Å². The fraction of sp³-hybridized carbons (Fsp3) is 0.360. The van der Waals surface area contributed by atoms with Crippen LogP contribution < -0.4 is 15.3 Å². The Morgan fingerprint density at radius 1 is 1.14 bits per heavy atom. The van der Waals surface area contributed by atoms with Gasteiger partial charge in [-0.2, -0.15) is 18.3 Å². The molecule has 0 radical (unpaired) electrons. The van der Waals surface area contributed by atoms with Crippen LogP contribution in [0, 0.1) is 6.92 Å².